The van der Waals surface area contributed by atoms with E-state index in [1.54, 1.807) is 12.1 Å². The third-order valence-electron chi connectivity index (χ3n) is 3.79. The second kappa shape index (κ2) is 7.29. The lowest BCUT2D eigenvalue weighted by Gasteiger charge is -2.09. The Balaban J connectivity index is 1.86. The predicted molar refractivity (Wildman–Crippen MR) is 91.8 cm³/mol. The van der Waals surface area contributed by atoms with Gasteiger partial charge >= 0.3 is 5.97 Å². The van der Waals surface area contributed by atoms with Crippen LogP contribution in [0.15, 0.2) is 48.5 Å². The van der Waals surface area contributed by atoms with Crippen LogP contribution in [0.4, 0.5) is 0 Å². The van der Waals surface area contributed by atoms with Gasteiger partial charge in [-0.15, -0.1) is 10.2 Å². The second-order valence-electron chi connectivity index (χ2n) is 5.39. The van der Waals surface area contributed by atoms with Gasteiger partial charge < -0.3 is 4.74 Å². The number of hydrogen-bond donors (Lipinski definition) is 0. The summed E-state index contributed by atoms with van der Waals surface area (Å²) in [7, 11) is 1.35. The fraction of sp³-hybridized carbons (Fsp3) is 0.105. The molecule has 126 valence electrons. The summed E-state index contributed by atoms with van der Waals surface area (Å²) in [4.78, 5) is 13.2. The smallest absolute Gasteiger partial charge is 0.338 e. The first kappa shape index (κ1) is 16.9. The summed E-state index contributed by atoms with van der Waals surface area (Å²) in [5, 5.41) is 25.8. The molecule has 0 atom stereocenters. The van der Waals surface area contributed by atoms with E-state index in [9.17, 15) is 4.79 Å². The van der Waals surface area contributed by atoms with Gasteiger partial charge in [0.05, 0.1) is 19.2 Å². The molecule has 0 aliphatic carbocycles. The summed E-state index contributed by atoms with van der Waals surface area (Å²) < 4.78 is 4.82. The minimum atomic E-state index is -0.390. The van der Waals surface area contributed by atoms with E-state index in [0.29, 0.717) is 12.1 Å². The Morgan fingerprint density at radius 1 is 1.04 bits per heavy atom. The largest absolute Gasteiger partial charge is 0.465 e. The van der Waals surface area contributed by atoms with Gasteiger partial charge in [-0.05, 0) is 22.8 Å². The Bertz CT molecular complexity index is 1010. The van der Waals surface area contributed by atoms with Crippen molar-refractivity contribution in [1.29, 1.82) is 10.5 Å². The first-order valence-corrected chi connectivity index (χ1v) is 7.68. The maximum absolute atomic E-state index is 11.9. The molecule has 0 saturated heterocycles. The zero-order valence-corrected chi connectivity index (χ0v) is 13.9. The molecule has 0 saturated carbocycles. The van der Waals surface area contributed by atoms with Crippen molar-refractivity contribution in [2.45, 2.75) is 6.54 Å². The molecule has 1 heterocycles. The van der Waals surface area contributed by atoms with Crippen LogP contribution in [0.1, 0.15) is 27.3 Å². The average molecular weight is 343 g/mol. The van der Waals surface area contributed by atoms with Crippen LogP contribution in [0.3, 0.4) is 0 Å². The second-order valence-corrected chi connectivity index (χ2v) is 5.39. The minimum Gasteiger partial charge on any atom is -0.465 e. The monoisotopic (exact) mass is 343 g/mol. The molecule has 0 radical (unpaired) electrons. The lowest BCUT2D eigenvalue weighted by atomic mass is 9.99. The Labute approximate surface area is 149 Å². The number of carbonyl (C=O) groups excluding carboxylic acids is 1. The van der Waals surface area contributed by atoms with Gasteiger partial charge in [0.1, 0.15) is 12.1 Å². The highest BCUT2D eigenvalue weighted by Gasteiger charge is 2.13. The standard InChI is InChI=1S/C19H13N5O2/c1-26-19(25)16-5-3-2-4-15(16)14-8-6-13(7-9-14)12-24-22-17(10-20)18(11-21)23-24/h2-9H,12H2,1H3. The minimum absolute atomic E-state index is 0.0103. The molecule has 3 aromatic rings. The molecular weight excluding hydrogens is 330 g/mol. The number of nitrogens with zero attached hydrogens (tertiary/aromatic N) is 5. The number of nitriles is 2. The molecule has 1 aromatic heterocycles. The van der Waals surface area contributed by atoms with E-state index < -0.39 is 5.97 Å². The highest BCUT2D eigenvalue weighted by molar-refractivity contribution is 5.97. The molecule has 0 amide bonds. The van der Waals surface area contributed by atoms with Crippen LogP contribution in [0.2, 0.25) is 0 Å². The van der Waals surface area contributed by atoms with Gasteiger partial charge in [0.15, 0.2) is 0 Å². The molecule has 2 aromatic carbocycles. The quantitative estimate of drug-likeness (QED) is 0.674. The summed E-state index contributed by atoms with van der Waals surface area (Å²) in [6.45, 7) is 0.329. The molecule has 7 nitrogen and oxygen atoms in total. The Morgan fingerprint density at radius 2 is 1.65 bits per heavy atom. The van der Waals surface area contributed by atoms with Gasteiger partial charge in [-0.1, -0.05) is 42.5 Å². The molecule has 0 unspecified atom stereocenters. The van der Waals surface area contributed by atoms with E-state index in [0.717, 1.165) is 16.7 Å². The summed E-state index contributed by atoms with van der Waals surface area (Å²) in [6, 6.07) is 18.4. The van der Waals surface area contributed by atoms with Crippen LogP contribution in [0.5, 0.6) is 0 Å². The van der Waals surface area contributed by atoms with Crippen molar-refractivity contribution in [3.05, 3.63) is 71.0 Å². The molecule has 26 heavy (non-hydrogen) atoms. The Morgan fingerprint density at radius 3 is 2.23 bits per heavy atom. The van der Waals surface area contributed by atoms with Crippen molar-refractivity contribution >= 4 is 5.97 Å². The number of carbonyl (C=O) groups is 1. The number of esters is 1. The first-order chi connectivity index (χ1) is 12.7. The van der Waals surface area contributed by atoms with Crippen LogP contribution >= 0.6 is 0 Å². The molecule has 0 bridgehead atoms. The topological polar surface area (TPSA) is 105 Å². The van der Waals surface area contributed by atoms with E-state index in [1.165, 1.54) is 11.9 Å². The van der Waals surface area contributed by atoms with E-state index >= 15 is 0 Å². The first-order valence-electron chi connectivity index (χ1n) is 7.68. The predicted octanol–water partition coefficient (Wildman–Crippen LogP) is 2.52. The molecular formula is C19H13N5O2. The summed E-state index contributed by atoms with van der Waals surface area (Å²) in [5.74, 6) is -0.390. The SMILES string of the molecule is COC(=O)c1ccccc1-c1ccc(Cn2nc(C#N)c(C#N)n2)cc1. The van der Waals surface area contributed by atoms with Crippen LogP contribution < -0.4 is 0 Å². The number of aromatic nitrogens is 3. The van der Waals surface area contributed by atoms with Gasteiger partial charge in [0.2, 0.25) is 11.4 Å². The van der Waals surface area contributed by atoms with Crippen LogP contribution in [-0.4, -0.2) is 28.1 Å². The zero-order chi connectivity index (χ0) is 18.5. The number of methoxy groups -OCH3 is 1. The van der Waals surface area contributed by atoms with Crippen molar-refractivity contribution in [1.82, 2.24) is 15.0 Å². The molecule has 7 heteroatoms. The van der Waals surface area contributed by atoms with E-state index in [2.05, 4.69) is 10.2 Å². The van der Waals surface area contributed by atoms with Crippen molar-refractivity contribution in [2.75, 3.05) is 7.11 Å². The third-order valence-corrected chi connectivity index (χ3v) is 3.79. The van der Waals surface area contributed by atoms with Gasteiger partial charge in [-0.25, -0.2) is 4.79 Å². The zero-order valence-electron chi connectivity index (χ0n) is 13.9. The molecule has 0 aliphatic heterocycles. The van der Waals surface area contributed by atoms with Gasteiger partial charge in [0.25, 0.3) is 0 Å². The highest BCUT2D eigenvalue weighted by Crippen LogP contribution is 2.24. The van der Waals surface area contributed by atoms with Crippen LogP contribution in [0.25, 0.3) is 11.1 Å². The average Bonchev–Trinajstić information content (AvgIpc) is 3.10. The van der Waals surface area contributed by atoms with Gasteiger partial charge in [0, 0.05) is 0 Å². The molecule has 0 spiro atoms. The van der Waals surface area contributed by atoms with E-state index in [-0.39, 0.29) is 11.4 Å². The normalized spacial score (nSPS) is 9.96. The van der Waals surface area contributed by atoms with Crippen molar-refractivity contribution < 1.29 is 9.53 Å². The van der Waals surface area contributed by atoms with Crippen molar-refractivity contribution in [3.8, 4) is 23.3 Å². The molecule has 0 aliphatic rings. The van der Waals surface area contributed by atoms with Gasteiger partial charge in [-0.2, -0.15) is 15.3 Å². The lowest BCUT2D eigenvalue weighted by Crippen LogP contribution is -2.05. The Kier molecular flexibility index (Phi) is 4.73. The number of hydrogen-bond acceptors (Lipinski definition) is 6. The van der Waals surface area contributed by atoms with E-state index in [1.807, 2.05) is 48.5 Å². The third kappa shape index (κ3) is 3.28. The van der Waals surface area contributed by atoms with E-state index in [4.69, 9.17) is 15.3 Å². The number of ether oxygens (including phenoxy) is 1. The highest BCUT2D eigenvalue weighted by atomic mass is 16.5. The summed E-state index contributed by atoms with van der Waals surface area (Å²) >= 11 is 0. The van der Waals surface area contributed by atoms with Crippen LogP contribution in [-0.2, 0) is 11.3 Å². The fourth-order valence-electron chi connectivity index (χ4n) is 2.55. The van der Waals surface area contributed by atoms with Crippen LogP contribution in [0, 0.1) is 22.7 Å². The molecule has 3 rings (SSSR count). The number of benzene rings is 2. The molecule has 0 fully saturated rings. The molecule has 0 N–H and O–H groups in total. The Hall–Kier alpha value is -3.97. The van der Waals surface area contributed by atoms with Crippen molar-refractivity contribution in [2.24, 2.45) is 0 Å². The maximum atomic E-state index is 11.9. The fourth-order valence-corrected chi connectivity index (χ4v) is 2.55. The number of rotatable bonds is 4. The van der Waals surface area contributed by atoms with Gasteiger partial charge in [-0.3, -0.25) is 0 Å². The van der Waals surface area contributed by atoms with Crippen molar-refractivity contribution in [3.63, 3.8) is 0 Å². The maximum Gasteiger partial charge on any atom is 0.338 e. The summed E-state index contributed by atoms with van der Waals surface area (Å²) in [6.07, 6.45) is 0. The summed E-state index contributed by atoms with van der Waals surface area (Å²) in [5.41, 5.74) is 3.06. The lowest BCUT2D eigenvalue weighted by molar-refractivity contribution is 0.0601.